The van der Waals surface area contributed by atoms with Gasteiger partial charge >= 0.3 is 0 Å². The van der Waals surface area contributed by atoms with Crippen molar-refractivity contribution in [2.24, 2.45) is 0 Å². The van der Waals surface area contributed by atoms with Crippen LogP contribution in [0.2, 0.25) is 0 Å². The molecule has 3 rings (SSSR count). The van der Waals surface area contributed by atoms with E-state index in [2.05, 4.69) is 20.8 Å². The molecule has 2 aromatic rings. The van der Waals surface area contributed by atoms with Crippen LogP contribution in [-0.4, -0.2) is 42.8 Å². The quantitative estimate of drug-likeness (QED) is 0.578. The zero-order valence-electron chi connectivity index (χ0n) is 13.9. The highest BCUT2D eigenvalue weighted by atomic mass is 79.9. The monoisotopic (exact) mass is 402 g/mol. The molecule has 25 heavy (non-hydrogen) atoms. The number of anilines is 1. The number of carbonyl (C=O) groups is 2. The smallest absolute Gasteiger partial charge is 0.246 e. The van der Waals surface area contributed by atoms with Gasteiger partial charge in [-0.05, 0) is 65.3 Å². The third-order valence-electron chi connectivity index (χ3n) is 4.21. The summed E-state index contributed by atoms with van der Waals surface area (Å²) in [5.74, 6) is 0.695. The van der Waals surface area contributed by atoms with Gasteiger partial charge in [0.2, 0.25) is 5.91 Å². The molecule has 0 saturated carbocycles. The van der Waals surface area contributed by atoms with Crippen LogP contribution >= 0.6 is 15.9 Å². The zero-order chi connectivity index (χ0) is 17.8. The van der Waals surface area contributed by atoms with Crippen LogP contribution in [0.3, 0.4) is 0 Å². The van der Waals surface area contributed by atoms with Crippen LogP contribution in [0.1, 0.15) is 23.0 Å². The molecule has 1 aromatic heterocycles. The number of ketones is 1. The fourth-order valence-electron chi connectivity index (χ4n) is 2.77. The molecule has 0 radical (unpaired) electrons. The molecule has 0 atom stereocenters. The maximum atomic E-state index is 12.3. The third-order valence-corrected chi connectivity index (χ3v) is 4.64. The second-order valence-corrected chi connectivity index (χ2v) is 6.67. The lowest BCUT2D eigenvalue weighted by molar-refractivity contribution is -0.126. The molecule has 1 saturated heterocycles. The number of hydrogen-bond donors (Lipinski definition) is 0. The lowest BCUT2D eigenvalue weighted by atomic mass is 10.1. The topological polar surface area (TPSA) is 53.8 Å². The van der Waals surface area contributed by atoms with Crippen molar-refractivity contribution in [3.05, 3.63) is 58.5 Å². The maximum absolute atomic E-state index is 12.3. The van der Waals surface area contributed by atoms with Gasteiger partial charge in [0.05, 0.1) is 0 Å². The molecule has 0 bridgehead atoms. The molecule has 130 valence electrons. The fourth-order valence-corrected chi connectivity index (χ4v) is 3.09. The van der Waals surface area contributed by atoms with Crippen molar-refractivity contribution in [2.45, 2.75) is 6.92 Å². The van der Waals surface area contributed by atoms with Crippen molar-refractivity contribution in [3.8, 4) is 0 Å². The van der Waals surface area contributed by atoms with E-state index in [1.165, 1.54) is 0 Å². The predicted molar refractivity (Wildman–Crippen MR) is 101 cm³/mol. The SMILES string of the molecule is CC(=O)c1ccc(N2CCN(C(=O)/C=C/c3ccc(Br)o3)CC2)cc1. The first-order valence-electron chi connectivity index (χ1n) is 8.11. The second kappa shape index (κ2) is 7.70. The molecule has 2 heterocycles. The maximum Gasteiger partial charge on any atom is 0.246 e. The van der Waals surface area contributed by atoms with Crippen LogP contribution in [0.15, 0.2) is 51.6 Å². The number of nitrogens with zero attached hydrogens (tertiary/aromatic N) is 2. The summed E-state index contributed by atoms with van der Waals surface area (Å²) < 4.78 is 5.99. The van der Waals surface area contributed by atoms with E-state index in [1.54, 1.807) is 31.2 Å². The van der Waals surface area contributed by atoms with Crippen LogP contribution in [0.25, 0.3) is 6.08 Å². The Kier molecular flexibility index (Phi) is 5.38. The van der Waals surface area contributed by atoms with Crippen molar-refractivity contribution >= 4 is 39.4 Å². The van der Waals surface area contributed by atoms with Crippen molar-refractivity contribution in [1.82, 2.24) is 4.90 Å². The van der Waals surface area contributed by atoms with E-state index >= 15 is 0 Å². The number of carbonyl (C=O) groups excluding carboxylic acids is 2. The first kappa shape index (κ1) is 17.5. The summed E-state index contributed by atoms with van der Waals surface area (Å²) in [6.07, 6.45) is 3.22. The molecule has 1 aliphatic heterocycles. The van der Waals surface area contributed by atoms with Gasteiger partial charge in [-0.3, -0.25) is 9.59 Å². The van der Waals surface area contributed by atoms with Gasteiger partial charge in [-0.25, -0.2) is 0 Å². The Morgan fingerprint density at radius 3 is 2.28 bits per heavy atom. The molecule has 0 aliphatic carbocycles. The number of benzene rings is 1. The van der Waals surface area contributed by atoms with Gasteiger partial charge in [-0.15, -0.1) is 0 Å². The average Bonchev–Trinajstić information content (AvgIpc) is 3.05. The van der Waals surface area contributed by atoms with Gasteiger partial charge in [0.25, 0.3) is 0 Å². The van der Waals surface area contributed by atoms with Crippen LogP contribution in [0, 0.1) is 0 Å². The minimum absolute atomic E-state index is 0.0147. The summed E-state index contributed by atoms with van der Waals surface area (Å²) in [6.45, 7) is 4.43. The predicted octanol–water partition coefficient (Wildman–Crippen LogP) is 3.61. The molecule has 1 aliphatic rings. The number of Topliss-reactive ketones (excluding diaryl/α,β-unsaturated/α-hetero) is 1. The van der Waals surface area contributed by atoms with E-state index in [0.29, 0.717) is 29.1 Å². The highest BCUT2D eigenvalue weighted by Gasteiger charge is 2.20. The molecule has 0 unspecified atom stereocenters. The largest absolute Gasteiger partial charge is 0.450 e. The fraction of sp³-hybridized carbons (Fsp3) is 0.263. The van der Waals surface area contributed by atoms with E-state index in [4.69, 9.17) is 4.42 Å². The van der Waals surface area contributed by atoms with Crippen molar-refractivity contribution < 1.29 is 14.0 Å². The molecule has 5 nitrogen and oxygen atoms in total. The first-order chi connectivity index (χ1) is 12.0. The van der Waals surface area contributed by atoms with Crippen LogP contribution < -0.4 is 4.90 Å². The summed E-state index contributed by atoms with van der Waals surface area (Å²) in [5, 5.41) is 0. The molecule has 1 aromatic carbocycles. The van der Waals surface area contributed by atoms with E-state index in [-0.39, 0.29) is 11.7 Å². The Labute approximate surface area is 155 Å². The zero-order valence-corrected chi connectivity index (χ0v) is 15.5. The van der Waals surface area contributed by atoms with E-state index in [9.17, 15) is 9.59 Å². The summed E-state index contributed by atoms with van der Waals surface area (Å²) in [4.78, 5) is 27.7. The van der Waals surface area contributed by atoms with Gasteiger partial charge in [0.1, 0.15) is 5.76 Å². The minimum atomic E-state index is -0.0147. The van der Waals surface area contributed by atoms with Gasteiger partial charge < -0.3 is 14.2 Å². The number of rotatable bonds is 4. The van der Waals surface area contributed by atoms with Crippen molar-refractivity contribution in [1.29, 1.82) is 0 Å². The van der Waals surface area contributed by atoms with E-state index in [1.807, 2.05) is 29.2 Å². The number of piperazine rings is 1. The molecular formula is C19H19BrN2O3. The standard InChI is InChI=1S/C19H19BrN2O3/c1-14(23)15-2-4-16(5-3-15)21-10-12-22(13-11-21)19(24)9-7-17-6-8-18(20)25-17/h2-9H,10-13H2,1H3/b9-7+. The number of furan rings is 1. The number of halogens is 1. The number of amides is 1. The lowest BCUT2D eigenvalue weighted by Crippen LogP contribution is -2.48. The van der Waals surface area contributed by atoms with Crippen molar-refractivity contribution in [3.63, 3.8) is 0 Å². The van der Waals surface area contributed by atoms with Crippen LogP contribution in [0.5, 0.6) is 0 Å². The second-order valence-electron chi connectivity index (χ2n) is 5.89. The molecular weight excluding hydrogens is 384 g/mol. The normalized spacial score (nSPS) is 15.0. The summed E-state index contributed by atoms with van der Waals surface area (Å²) in [5.41, 5.74) is 1.79. The number of hydrogen-bond acceptors (Lipinski definition) is 4. The van der Waals surface area contributed by atoms with E-state index in [0.717, 1.165) is 18.8 Å². The molecule has 6 heteroatoms. The Bertz CT molecular complexity index is 787. The van der Waals surface area contributed by atoms with Gasteiger partial charge in [-0.1, -0.05) is 0 Å². The van der Waals surface area contributed by atoms with Gasteiger partial charge in [-0.2, -0.15) is 0 Å². The summed E-state index contributed by atoms with van der Waals surface area (Å²) in [6, 6.07) is 11.2. The van der Waals surface area contributed by atoms with Gasteiger partial charge in [0, 0.05) is 43.5 Å². The van der Waals surface area contributed by atoms with Crippen LogP contribution in [0.4, 0.5) is 5.69 Å². The lowest BCUT2D eigenvalue weighted by Gasteiger charge is -2.35. The minimum Gasteiger partial charge on any atom is -0.450 e. The Morgan fingerprint density at radius 1 is 1.04 bits per heavy atom. The highest BCUT2D eigenvalue weighted by molar-refractivity contribution is 9.10. The highest BCUT2D eigenvalue weighted by Crippen LogP contribution is 2.18. The molecule has 0 N–H and O–H groups in total. The Hall–Kier alpha value is -2.34. The van der Waals surface area contributed by atoms with E-state index < -0.39 is 0 Å². The summed E-state index contributed by atoms with van der Waals surface area (Å²) in [7, 11) is 0. The third kappa shape index (κ3) is 4.39. The average molecular weight is 403 g/mol. The Morgan fingerprint density at radius 2 is 1.72 bits per heavy atom. The summed E-state index contributed by atoms with van der Waals surface area (Å²) >= 11 is 3.24. The van der Waals surface area contributed by atoms with Crippen LogP contribution in [-0.2, 0) is 4.79 Å². The molecule has 1 fully saturated rings. The van der Waals surface area contributed by atoms with Crippen molar-refractivity contribution in [2.75, 3.05) is 31.1 Å². The molecule has 1 amide bonds. The van der Waals surface area contributed by atoms with Gasteiger partial charge in [0.15, 0.2) is 10.5 Å². The Balaban J connectivity index is 1.55. The molecule has 0 spiro atoms. The first-order valence-corrected chi connectivity index (χ1v) is 8.90.